The van der Waals surface area contributed by atoms with Crippen molar-refractivity contribution >= 4 is 28.1 Å². The van der Waals surface area contributed by atoms with Crippen LogP contribution in [0.15, 0.2) is 70.5 Å². The molecule has 1 heterocycles. The second-order valence-electron chi connectivity index (χ2n) is 8.33. The van der Waals surface area contributed by atoms with Gasteiger partial charge in [0, 0.05) is 25.2 Å². The zero-order chi connectivity index (χ0) is 23.5. The zero-order valence-electron chi connectivity index (χ0n) is 18.8. The molecular formula is C26H28N2O4S. The quantitative estimate of drug-likeness (QED) is 0.507. The first kappa shape index (κ1) is 23.0. The Morgan fingerprint density at radius 2 is 1.73 bits per heavy atom. The van der Waals surface area contributed by atoms with E-state index in [1.807, 2.05) is 53.4 Å². The van der Waals surface area contributed by atoms with Crippen LogP contribution in [0.2, 0.25) is 0 Å². The van der Waals surface area contributed by atoms with Gasteiger partial charge in [-0.2, -0.15) is 0 Å². The summed E-state index contributed by atoms with van der Waals surface area (Å²) in [4.78, 5) is 17.1. The molecule has 6 nitrogen and oxygen atoms in total. The first-order chi connectivity index (χ1) is 15.9. The number of rotatable bonds is 8. The molecule has 0 spiro atoms. The third kappa shape index (κ3) is 4.79. The van der Waals surface area contributed by atoms with Crippen LogP contribution < -0.4 is 4.90 Å². The molecule has 2 N–H and O–H groups in total. The number of phenols is 1. The number of nitrogens with zero attached hydrogens (tertiary/aromatic N) is 2. The van der Waals surface area contributed by atoms with Crippen molar-refractivity contribution < 1.29 is 19.2 Å². The fraction of sp³-hybridized carbons (Fsp3) is 0.269. The van der Waals surface area contributed by atoms with Gasteiger partial charge in [-0.3, -0.25) is 9.69 Å². The molecule has 1 aliphatic heterocycles. The first-order valence-corrected chi connectivity index (χ1v) is 12.1. The van der Waals surface area contributed by atoms with Crippen molar-refractivity contribution in [2.45, 2.75) is 36.6 Å². The van der Waals surface area contributed by atoms with Gasteiger partial charge in [0.25, 0.3) is 0 Å². The van der Waals surface area contributed by atoms with Gasteiger partial charge >= 0.3 is 5.97 Å². The lowest BCUT2D eigenvalue weighted by molar-refractivity contribution is -0.138. The van der Waals surface area contributed by atoms with Gasteiger partial charge < -0.3 is 15.1 Å². The molecule has 0 bridgehead atoms. The molecule has 0 aliphatic carbocycles. The van der Waals surface area contributed by atoms with Crippen LogP contribution >= 0.6 is 0 Å². The number of benzene rings is 3. The minimum absolute atomic E-state index is 0.107. The number of phenolic OH excluding ortho intramolecular Hbond substituents is 1. The number of hydrogen-bond donors (Lipinski definition) is 2. The summed E-state index contributed by atoms with van der Waals surface area (Å²) in [7, 11) is -1.24. The van der Waals surface area contributed by atoms with E-state index in [2.05, 4.69) is 18.7 Å². The standard InChI is InChI=1S/C26H28N2O4S/c1-18-12-13-24-26(19(18)2)28(21-9-4-6-11-23(21)33(24)32)15-7-14-27(17-25(30)31)16-20-8-3-5-10-22(20)29/h3-6,8-13,29H,7,14-17H2,1-2H3,(H,30,31). The van der Waals surface area contributed by atoms with Crippen LogP contribution in [0.1, 0.15) is 23.1 Å². The van der Waals surface area contributed by atoms with Crippen LogP contribution in [0.25, 0.3) is 0 Å². The average Bonchev–Trinajstić information content (AvgIpc) is 2.79. The summed E-state index contributed by atoms with van der Waals surface area (Å²) in [6.07, 6.45) is 0.703. The minimum Gasteiger partial charge on any atom is -0.508 e. The van der Waals surface area contributed by atoms with Crippen molar-refractivity contribution in [1.82, 2.24) is 4.90 Å². The van der Waals surface area contributed by atoms with Crippen LogP contribution in [0.3, 0.4) is 0 Å². The van der Waals surface area contributed by atoms with Gasteiger partial charge in [0.1, 0.15) is 5.75 Å². The summed E-state index contributed by atoms with van der Waals surface area (Å²) in [6.45, 7) is 5.56. The molecule has 1 aliphatic rings. The maximum absolute atomic E-state index is 13.2. The molecule has 172 valence electrons. The lowest BCUT2D eigenvalue weighted by Gasteiger charge is -2.35. The van der Waals surface area contributed by atoms with E-state index in [4.69, 9.17) is 0 Å². The highest BCUT2D eigenvalue weighted by atomic mass is 32.2. The molecular weight excluding hydrogens is 436 g/mol. The van der Waals surface area contributed by atoms with E-state index in [1.54, 1.807) is 12.1 Å². The Morgan fingerprint density at radius 3 is 2.48 bits per heavy atom. The topological polar surface area (TPSA) is 81.1 Å². The number of aromatic hydroxyl groups is 1. The Morgan fingerprint density at radius 1 is 1.00 bits per heavy atom. The molecule has 3 aromatic rings. The summed E-state index contributed by atoms with van der Waals surface area (Å²) < 4.78 is 13.2. The predicted octanol–water partition coefficient (Wildman–Crippen LogP) is 4.60. The van der Waals surface area contributed by atoms with Gasteiger partial charge in [-0.05, 0) is 55.7 Å². The number of fused-ring (bicyclic) bond motifs is 2. The molecule has 0 amide bonds. The van der Waals surface area contributed by atoms with Gasteiger partial charge in [0.05, 0.1) is 38.5 Å². The zero-order valence-corrected chi connectivity index (χ0v) is 19.6. The van der Waals surface area contributed by atoms with E-state index in [9.17, 15) is 19.2 Å². The van der Waals surface area contributed by atoms with Crippen LogP contribution in [0.5, 0.6) is 5.75 Å². The van der Waals surface area contributed by atoms with Crippen molar-refractivity contribution in [3.63, 3.8) is 0 Å². The van der Waals surface area contributed by atoms with E-state index in [1.165, 1.54) is 0 Å². The lowest BCUT2D eigenvalue weighted by Crippen LogP contribution is -2.33. The largest absolute Gasteiger partial charge is 0.508 e. The molecule has 3 aromatic carbocycles. The second-order valence-corrected chi connectivity index (χ2v) is 9.75. The summed E-state index contributed by atoms with van der Waals surface area (Å²) in [6, 6.07) is 18.7. The molecule has 0 saturated heterocycles. The Hall–Kier alpha value is -3.16. The fourth-order valence-corrected chi connectivity index (χ4v) is 5.75. The number of anilines is 2. The fourth-order valence-electron chi connectivity index (χ4n) is 4.31. The van der Waals surface area contributed by atoms with E-state index < -0.39 is 16.8 Å². The van der Waals surface area contributed by atoms with Crippen molar-refractivity contribution in [3.8, 4) is 5.75 Å². The van der Waals surface area contributed by atoms with Crippen LogP contribution in [-0.4, -0.2) is 44.9 Å². The first-order valence-electron chi connectivity index (χ1n) is 11.0. The predicted molar refractivity (Wildman–Crippen MR) is 130 cm³/mol. The minimum atomic E-state index is -1.24. The number of carboxylic acids is 1. The van der Waals surface area contributed by atoms with Crippen molar-refractivity contribution in [3.05, 3.63) is 77.4 Å². The number of para-hydroxylation sites is 2. The summed E-state index contributed by atoms with van der Waals surface area (Å²) in [5.41, 5.74) is 4.86. The molecule has 0 saturated carbocycles. The number of aliphatic carboxylic acids is 1. The van der Waals surface area contributed by atoms with E-state index >= 15 is 0 Å². The Bertz CT molecular complexity index is 1210. The van der Waals surface area contributed by atoms with E-state index in [0.29, 0.717) is 31.6 Å². The molecule has 0 aromatic heterocycles. The van der Waals surface area contributed by atoms with Crippen LogP contribution in [-0.2, 0) is 22.1 Å². The molecule has 0 radical (unpaired) electrons. The lowest BCUT2D eigenvalue weighted by atomic mass is 10.1. The second kappa shape index (κ2) is 9.77. The summed E-state index contributed by atoms with van der Waals surface area (Å²) in [5, 5.41) is 19.5. The smallest absolute Gasteiger partial charge is 0.317 e. The molecule has 7 heteroatoms. The van der Waals surface area contributed by atoms with Crippen molar-refractivity contribution in [2.75, 3.05) is 24.5 Å². The Kier molecular flexibility index (Phi) is 6.81. The van der Waals surface area contributed by atoms with Gasteiger partial charge in [0.15, 0.2) is 0 Å². The summed E-state index contributed by atoms with van der Waals surface area (Å²) >= 11 is 0. The molecule has 4 rings (SSSR count). The molecule has 1 unspecified atom stereocenters. The van der Waals surface area contributed by atoms with E-state index in [0.717, 1.165) is 32.3 Å². The van der Waals surface area contributed by atoms with Gasteiger partial charge in [-0.25, -0.2) is 4.21 Å². The monoisotopic (exact) mass is 464 g/mol. The Labute approximate surface area is 196 Å². The average molecular weight is 465 g/mol. The normalized spacial score (nSPS) is 14.8. The molecule has 1 atom stereocenters. The molecule has 33 heavy (non-hydrogen) atoms. The highest BCUT2D eigenvalue weighted by molar-refractivity contribution is 7.85. The SMILES string of the molecule is Cc1ccc2c(c1C)N(CCCN(CC(=O)O)Cc1ccccc1O)c1ccccc1S2=O. The van der Waals surface area contributed by atoms with Crippen molar-refractivity contribution in [1.29, 1.82) is 0 Å². The highest BCUT2D eigenvalue weighted by Gasteiger charge is 2.29. The third-order valence-corrected chi connectivity index (χ3v) is 7.56. The number of aryl methyl sites for hydroxylation is 1. The Balaban J connectivity index is 1.58. The highest BCUT2D eigenvalue weighted by Crippen LogP contribution is 2.44. The number of carboxylic acid groups (broad SMARTS) is 1. The van der Waals surface area contributed by atoms with E-state index in [-0.39, 0.29) is 12.3 Å². The van der Waals surface area contributed by atoms with Gasteiger partial charge in [0.2, 0.25) is 0 Å². The van der Waals surface area contributed by atoms with Crippen molar-refractivity contribution in [2.24, 2.45) is 0 Å². The third-order valence-electron chi connectivity index (χ3n) is 6.09. The van der Waals surface area contributed by atoms with Crippen LogP contribution in [0.4, 0.5) is 11.4 Å². The summed E-state index contributed by atoms with van der Waals surface area (Å²) in [5.74, 6) is -0.735. The maximum atomic E-state index is 13.2. The molecule has 0 fully saturated rings. The maximum Gasteiger partial charge on any atom is 0.317 e. The van der Waals surface area contributed by atoms with Crippen LogP contribution in [0, 0.1) is 13.8 Å². The van der Waals surface area contributed by atoms with Gasteiger partial charge in [-0.15, -0.1) is 0 Å². The van der Waals surface area contributed by atoms with Gasteiger partial charge in [-0.1, -0.05) is 36.4 Å². The number of hydrogen-bond acceptors (Lipinski definition) is 5. The number of carbonyl (C=O) groups is 1.